The minimum absolute atomic E-state index is 0.0877. The zero-order valence-electron chi connectivity index (χ0n) is 24.9. The molecule has 0 unspecified atom stereocenters. The van der Waals surface area contributed by atoms with Gasteiger partial charge in [0.05, 0.1) is 5.60 Å². The first kappa shape index (κ1) is 29.7. The summed E-state index contributed by atoms with van der Waals surface area (Å²) in [7, 11) is 0. The number of hydrogen-bond acceptors (Lipinski definition) is 2. The van der Waals surface area contributed by atoms with Gasteiger partial charge in [-0.2, -0.15) is 0 Å². The normalized spacial score (nSPS) is 30.3. The molecule has 1 aromatic rings. The van der Waals surface area contributed by atoms with Crippen LogP contribution in [0.25, 0.3) is 0 Å². The highest BCUT2D eigenvalue weighted by atomic mass is 16.3. The fourth-order valence-corrected chi connectivity index (χ4v) is 8.75. The molecule has 3 aliphatic rings. The van der Waals surface area contributed by atoms with E-state index in [1.807, 2.05) is 12.1 Å². The van der Waals surface area contributed by atoms with E-state index in [9.17, 15) is 10.2 Å². The van der Waals surface area contributed by atoms with Crippen LogP contribution in [0, 0.1) is 17.3 Å². The standard InChI is InChI=1S/C36H58O2/c1-3-4-5-6-7-8-9-10-11-12-13-14-15-16-17-18-25-36(38)27-24-34-33-21-19-29-28-30(37)20-22-31(29)32(33)23-26-35(34,36)2/h10-11,20,22,28,32-34,37-38H,3-9,12-19,21,23-27H2,1-2H3/t32-,33-,34+,35+,36-/m1/s1. The van der Waals surface area contributed by atoms with E-state index in [2.05, 4.69) is 32.1 Å². The monoisotopic (exact) mass is 522 g/mol. The second kappa shape index (κ2) is 14.4. The van der Waals surface area contributed by atoms with E-state index in [0.717, 1.165) is 25.7 Å². The zero-order chi connectivity index (χ0) is 26.8. The SMILES string of the molecule is CCCCCCCCC=CCCCCCCCC[C@@]1(O)CC[C@H]2[C@@H]3CCc4cc(O)ccc4[C@H]3CC[C@@]21C. The van der Waals surface area contributed by atoms with Gasteiger partial charge >= 0.3 is 0 Å². The average molecular weight is 523 g/mol. The average Bonchev–Trinajstić information content (AvgIpc) is 3.18. The van der Waals surface area contributed by atoms with Gasteiger partial charge in [-0.3, -0.25) is 0 Å². The number of aryl methyl sites for hydroxylation is 1. The van der Waals surface area contributed by atoms with Crippen molar-refractivity contribution in [1.82, 2.24) is 0 Å². The molecule has 0 saturated heterocycles. The van der Waals surface area contributed by atoms with Crippen molar-refractivity contribution in [2.24, 2.45) is 17.3 Å². The summed E-state index contributed by atoms with van der Waals surface area (Å²) in [5.74, 6) is 2.40. The molecule has 0 spiro atoms. The van der Waals surface area contributed by atoms with E-state index in [-0.39, 0.29) is 5.41 Å². The number of phenols is 1. The van der Waals surface area contributed by atoms with Crippen LogP contribution in [0.2, 0.25) is 0 Å². The Morgan fingerprint density at radius 1 is 0.816 bits per heavy atom. The van der Waals surface area contributed by atoms with Gasteiger partial charge in [-0.1, -0.05) is 96.3 Å². The number of benzene rings is 1. The van der Waals surface area contributed by atoms with E-state index in [0.29, 0.717) is 23.5 Å². The maximum Gasteiger partial charge on any atom is 0.115 e. The first-order valence-corrected chi connectivity index (χ1v) is 16.7. The molecule has 3 aliphatic carbocycles. The maximum absolute atomic E-state index is 11.9. The second-order valence-electron chi connectivity index (χ2n) is 13.5. The molecule has 5 atom stereocenters. The van der Waals surface area contributed by atoms with Crippen molar-refractivity contribution in [3.05, 3.63) is 41.5 Å². The molecule has 2 saturated carbocycles. The summed E-state index contributed by atoms with van der Waals surface area (Å²) < 4.78 is 0. The van der Waals surface area contributed by atoms with E-state index >= 15 is 0 Å². The summed E-state index contributed by atoms with van der Waals surface area (Å²) in [5.41, 5.74) is 2.49. The lowest BCUT2D eigenvalue weighted by atomic mass is 9.53. The minimum Gasteiger partial charge on any atom is -0.508 e. The van der Waals surface area contributed by atoms with E-state index in [1.165, 1.54) is 120 Å². The third kappa shape index (κ3) is 7.07. The largest absolute Gasteiger partial charge is 0.508 e. The number of aromatic hydroxyl groups is 1. The van der Waals surface area contributed by atoms with Gasteiger partial charge in [0.2, 0.25) is 0 Å². The molecule has 38 heavy (non-hydrogen) atoms. The lowest BCUT2D eigenvalue weighted by molar-refractivity contribution is -0.108. The lowest BCUT2D eigenvalue weighted by Crippen LogP contribution is -2.50. The Labute approximate surface area is 234 Å². The van der Waals surface area contributed by atoms with Gasteiger partial charge in [-0.25, -0.2) is 0 Å². The van der Waals surface area contributed by atoms with Gasteiger partial charge in [0.15, 0.2) is 0 Å². The molecule has 2 fully saturated rings. The van der Waals surface area contributed by atoms with E-state index < -0.39 is 5.60 Å². The number of unbranched alkanes of at least 4 members (excludes halogenated alkanes) is 12. The van der Waals surface area contributed by atoms with E-state index in [4.69, 9.17) is 0 Å². The second-order valence-corrected chi connectivity index (χ2v) is 13.5. The third-order valence-electron chi connectivity index (χ3n) is 11.1. The van der Waals surface area contributed by atoms with Crippen LogP contribution in [0.5, 0.6) is 5.75 Å². The maximum atomic E-state index is 11.9. The summed E-state index contributed by atoms with van der Waals surface area (Å²) >= 11 is 0. The molecule has 0 amide bonds. The Kier molecular flexibility index (Phi) is 11.2. The minimum atomic E-state index is -0.460. The van der Waals surface area contributed by atoms with Gasteiger partial charge in [0.1, 0.15) is 5.75 Å². The van der Waals surface area contributed by atoms with Crippen molar-refractivity contribution in [3.8, 4) is 5.75 Å². The molecule has 2 N–H and O–H groups in total. The van der Waals surface area contributed by atoms with Crippen LogP contribution < -0.4 is 0 Å². The lowest BCUT2D eigenvalue weighted by Gasteiger charge is -2.53. The molecule has 0 aliphatic heterocycles. The Morgan fingerprint density at radius 3 is 2.18 bits per heavy atom. The summed E-state index contributed by atoms with van der Waals surface area (Å²) in [5, 5.41) is 21.9. The zero-order valence-corrected chi connectivity index (χ0v) is 24.9. The van der Waals surface area contributed by atoms with Crippen molar-refractivity contribution in [1.29, 1.82) is 0 Å². The summed E-state index contributed by atoms with van der Waals surface area (Å²) in [4.78, 5) is 0. The van der Waals surface area contributed by atoms with Gasteiger partial charge < -0.3 is 10.2 Å². The van der Waals surface area contributed by atoms with Crippen LogP contribution in [0.3, 0.4) is 0 Å². The molecule has 0 radical (unpaired) electrons. The summed E-state index contributed by atoms with van der Waals surface area (Å²) in [6, 6.07) is 6.07. The highest BCUT2D eigenvalue weighted by molar-refractivity contribution is 5.40. The smallest absolute Gasteiger partial charge is 0.115 e. The Balaban J connectivity index is 1.10. The van der Waals surface area contributed by atoms with Gasteiger partial charge in [0, 0.05) is 0 Å². The van der Waals surface area contributed by atoms with Gasteiger partial charge in [0.25, 0.3) is 0 Å². The van der Waals surface area contributed by atoms with Crippen LogP contribution in [-0.4, -0.2) is 15.8 Å². The van der Waals surface area contributed by atoms with Gasteiger partial charge in [-0.15, -0.1) is 0 Å². The van der Waals surface area contributed by atoms with Crippen molar-refractivity contribution >= 4 is 0 Å². The predicted molar refractivity (Wildman–Crippen MR) is 162 cm³/mol. The molecular formula is C36H58O2. The number of fused-ring (bicyclic) bond motifs is 5. The first-order valence-electron chi connectivity index (χ1n) is 16.7. The molecule has 2 nitrogen and oxygen atoms in total. The van der Waals surface area contributed by atoms with Crippen molar-refractivity contribution in [3.63, 3.8) is 0 Å². The predicted octanol–water partition coefficient (Wildman–Crippen LogP) is 10.4. The molecule has 0 bridgehead atoms. The molecule has 2 heteroatoms. The van der Waals surface area contributed by atoms with E-state index in [1.54, 1.807) is 0 Å². The van der Waals surface area contributed by atoms with Crippen LogP contribution in [0.15, 0.2) is 30.4 Å². The molecule has 0 aromatic heterocycles. The van der Waals surface area contributed by atoms with Crippen molar-refractivity contribution < 1.29 is 10.2 Å². The fraction of sp³-hybridized carbons (Fsp3) is 0.778. The quantitative estimate of drug-likeness (QED) is 0.167. The highest BCUT2D eigenvalue weighted by Crippen LogP contribution is 2.65. The first-order chi connectivity index (χ1) is 18.5. The van der Waals surface area contributed by atoms with Crippen LogP contribution >= 0.6 is 0 Å². The number of rotatable bonds is 16. The van der Waals surface area contributed by atoms with Crippen molar-refractivity contribution in [2.75, 3.05) is 0 Å². The molecular weight excluding hydrogens is 464 g/mol. The number of allylic oxidation sites excluding steroid dienone is 2. The topological polar surface area (TPSA) is 40.5 Å². The Morgan fingerprint density at radius 2 is 1.47 bits per heavy atom. The van der Waals surface area contributed by atoms with Gasteiger partial charge in [-0.05, 0) is 117 Å². The number of hydrogen-bond donors (Lipinski definition) is 2. The third-order valence-corrected chi connectivity index (χ3v) is 11.1. The number of phenolic OH excluding ortho intramolecular Hbond substituents is 1. The Bertz CT molecular complexity index is 874. The van der Waals surface area contributed by atoms with Crippen molar-refractivity contribution in [2.45, 2.75) is 160 Å². The van der Waals surface area contributed by atoms with Crippen LogP contribution in [0.1, 0.15) is 159 Å². The van der Waals surface area contributed by atoms with Crippen LogP contribution in [0.4, 0.5) is 0 Å². The number of aliphatic hydroxyl groups is 1. The van der Waals surface area contributed by atoms with Crippen LogP contribution in [-0.2, 0) is 6.42 Å². The highest BCUT2D eigenvalue weighted by Gasteiger charge is 2.60. The Hall–Kier alpha value is -1.28. The molecule has 0 heterocycles. The molecule has 4 rings (SSSR count). The summed E-state index contributed by atoms with van der Waals surface area (Å²) in [6.07, 6.45) is 31.4. The summed E-state index contributed by atoms with van der Waals surface area (Å²) in [6.45, 7) is 4.72. The molecule has 1 aromatic carbocycles. The molecule has 214 valence electrons. The fourth-order valence-electron chi connectivity index (χ4n) is 8.75.